The van der Waals surface area contributed by atoms with Gasteiger partial charge in [-0.05, 0) is 25.7 Å². The van der Waals surface area contributed by atoms with E-state index in [0.29, 0.717) is 0 Å². The lowest BCUT2D eigenvalue weighted by molar-refractivity contribution is 0.707. The van der Waals surface area contributed by atoms with E-state index in [1.54, 1.807) is 0 Å². The normalized spacial score (nSPS) is 8.00. The van der Waals surface area contributed by atoms with Gasteiger partial charge in [0.05, 0.1) is 0 Å². The van der Waals surface area contributed by atoms with Crippen LogP contribution in [-0.2, 0) is 0 Å². The SMILES string of the molecule is CC.CCNCCCP. The highest BCUT2D eigenvalue weighted by Gasteiger charge is 1.77. The van der Waals surface area contributed by atoms with Crippen LogP contribution in [0.3, 0.4) is 0 Å². The minimum atomic E-state index is 1.10. The van der Waals surface area contributed by atoms with E-state index in [-0.39, 0.29) is 0 Å². The standard InChI is InChI=1S/C5H14NP.C2H6/c1-2-6-4-3-5-7;1-2/h6H,2-5,7H2,1H3;1-2H3. The van der Waals surface area contributed by atoms with Gasteiger partial charge in [0.2, 0.25) is 0 Å². The Hall–Kier alpha value is 0.390. The summed E-state index contributed by atoms with van der Waals surface area (Å²) in [5.74, 6) is 0. The molecule has 1 nitrogen and oxygen atoms in total. The molecule has 9 heavy (non-hydrogen) atoms. The summed E-state index contributed by atoms with van der Waals surface area (Å²) >= 11 is 0. The van der Waals surface area contributed by atoms with Gasteiger partial charge in [-0.1, -0.05) is 20.8 Å². The maximum atomic E-state index is 3.24. The van der Waals surface area contributed by atoms with Gasteiger partial charge in [0, 0.05) is 0 Å². The van der Waals surface area contributed by atoms with Crippen molar-refractivity contribution in [3.63, 3.8) is 0 Å². The fraction of sp³-hybridized carbons (Fsp3) is 1.00. The molecule has 0 bridgehead atoms. The van der Waals surface area contributed by atoms with E-state index >= 15 is 0 Å². The average molecular weight is 149 g/mol. The molecule has 0 saturated heterocycles. The molecule has 0 aliphatic heterocycles. The topological polar surface area (TPSA) is 12.0 Å². The van der Waals surface area contributed by atoms with E-state index in [1.807, 2.05) is 13.8 Å². The van der Waals surface area contributed by atoms with E-state index in [1.165, 1.54) is 19.1 Å². The molecule has 0 spiro atoms. The van der Waals surface area contributed by atoms with Crippen LogP contribution in [0, 0.1) is 0 Å². The van der Waals surface area contributed by atoms with Crippen LogP contribution in [0.4, 0.5) is 0 Å². The van der Waals surface area contributed by atoms with Crippen molar-refractivity contribution in [2.75, 3.05) is 19.3 Å². The summed E-state index contributed by atoms with van der Waals surface area (Å²) in [4.78, 5) is 0. The van der Waals surface area contributed by atoms with Gasteiger partial charge >= 0.3 is 0 Å². The first-order valence-electron chi connectivity index (χ1n) is 3.82. The summed E-state index contributed by atoms with van der Waals surface area (Å²) in [7, 11) is 2.71. The summed E-state index contributed by atoms with van der Waals surface area (Å²) in [6, 6.07) is 0. The molecule has 58 valence electrons. The third-order valence-corrected chi connectivity index (χ3v) is 1.22. The first kappa shape index (κ1) is 12.1. The highest BCUT2D eigenvalue weighted by atomic mass is 31.0. The van der Waals surface area contributed by atoms with Gasteiger partial charge < -0.3 is 5.32 Å². The summed E-state index contributed by atoms with van der Waals surface area (Å²) in [6.45, 7) is 8.40. The Kier molecular flexibility index (Phi) is 21.2. The van der Waals surface area contributed by atoms with Gasteiger partial charge in [-0.15, -0.1) is 9.24 Å². The molecule has 2 heteroatoms. The van der Waals surface area contributed by atoms with Crippen LogP contribution in [0.2, 0.25) is 0 Å². The van der Waals surface area contributed by atoms with Gasteiger partial charge in [-0.3, -0.25) is 0 Å². The second kappa shape index (κ2) is 15.8. The smallest absolute Gasteiger partial charge is 0.00459 e. The van der Waals surface area contributed by atoms with Crippen molar-refractivity contribution in [1.82, 2.24) is 5.32 Å². The molecule has 0 radical (unpaired) electrons. The average Bonchev–Trinajstić information content (AvgIpc) is 1.94. The fourth-order valence-corrected chi connectivity index (χ4v) is 0.608. The molecular weight excluding hydrogens is 129 g/mol. The third kappa shape index (κ3) is 17.8. The van der Waals surface area contributed by atoms with Crippen molar-refractivity contribution in [3.05, 3.63) is 0 Å². The van der Waals surface area contributed by atoms with Crippen molar-refractivity contribution in [3.8, 4) is 0 Å². The van der Waals surface area contributed by atoms with Crippen LogP contribution in [-0.4, -0.2) is 19.3 Å². The molecule has 0 aromatic carbocycles. The molecule has 0 heterocycles. The van der Waals surface area contributed by atoms with Gasteiger partial charge in [0.15, 0.2) is 0 Å². The minimum Gasteiger partial charge on any atom is -0.317 e. The van der Waals surface area contributed by atoms with E-state index in [2.05, 4.69) is 21.5 Å². The summed E-state index contributed by atoms with van der Waals surface area (Å²) in [6.07, 6.45) is 2.49. The number of hydrogen-bond donors (Lipinski definition) is 1. The second-order valence-corrected chi connectivity index (χ2v) is 2.07. The summed E-state index contributed by atoms with van der Waals surface area (Å²) in [5.41, 5.74) is 0. The molecule has 0 aromatic heterocycles. The van der Waals surface area contributed by atoms with Crippen LogP contribution in [0.15, 0.2) is 0 Å². The number of hydrogen-bond acceptors (Lipinski definition) is 1. The summed E-state index contributed by atoms with van der Waals surface area (Å²) < 4.78 is 0. The van der Waals surface area contributed by atoms with Crippen molar-refractivity contribution in [2.45, 2.75) is 27.2 Å². The zero-order chi connectivity index (χ0) is 7.54. The van der Waals surface area contributed by atoms with Crippen molar-refractivity contribution in [2.24, 2.45) is 0 Å². The molecule has 0 aromatic rings. The Bertz CT molecular complexity index is 28.1. The minimum absolute atomic E-state index is 1.10. The van der Waals surface area contributed by atoms with Crippen LogP contribution in [0.1, 0.15) is 27.2 Å². The Morgan fingerprint density at radius 2 is 1.89 bits per heavy atom. The first-order chi connectivity index (χ1) is 4.41. The molecule has 0 saturated carbocycles. The van der Waals surface area contributed by atoms with Crippen molar-refractivity contribution >= 4 is 9.24 Å². The predicted octanol–water partition coefficient (Wildman–Crippen LogP) is 1.89. The zero-order valence-electron chi connectivity index (χ0n) is 6.91. The highest BCUT2D eigenvalue weighted by molar-refractivity contribution is 7.16. The van der Waals surface area contributed by atoms with Crippen molar-refractivity contribution in [1.29, 1.82) is 0 Å². The maximum absolute atomic E-state index is 3.24. The molecule has 1 unspecified atom stereocenters. The molecule has 0 rings (SSSR count). The van der Waals surface area contributed by atoms with Crippen LogP contribution < -0.4 is 5.32 Å². The molecular formula is C7H20NP. The lowest BCUT2D eigenvalue weighted by Gasteiger charge is -1.95. The molecule has 0 fully saturated rings. The van der Waals surface area contributed by atoms with Gasteiger partial charge in [-0.25, -0.2) is 0 Å². The lowest BCUT2D eigenvalue weighted by Crippen LogP contribution is -2.13. The predicted molar refractivity (Wildman–Crippen MR) is 49.1 cm³/mol. The van der Waals surface area contributed by atoms with Gasteiger partial charge in [-0.2, -0.15) is 0 Å². The Morgan fingerprint density at radius 1 is 1.33 bits per heavy atom. The van der Waals surface area contributed by atoms with Crippen molar-refractivity contribution < 1.29 is 0 Å². The van der Waals surface area contributed by atoms with E-state index in [0.717, 1.165) is 6.54 Å². The first-order valence-corrected chi connectivity index (χ1v) is 4.64. The lowest BCUT2D eigenvalue weighted by atomic mass is 10.5. The molecule has 0 aliphatic carbocycles. The van der Waals surface area contributed by atoms with Crippen LogP contribution in [0.25, 0.3) is 0 Å². The van der Waals surface area contributed by atoms with Gasteiger partial charge in [0.1, 0.15) is 0 Å². The summed E-state index contributed by atoms with van der Waals surface area (Å²) in [5, 5.41) is 3.24. The third-order valence-electron chi connectivity index (χ3n) is 0.808. The number of nitrogens with one attached hydrogen (secondary N) is 1. The number of rotatable bonds is 4. The monoisotopic (exact) mass is 149 g/mol. The molecule has 1 atom stereocenters. The largest absolute Gasteiger partial charge is 0.317 e. The quantitative estimate of drug-likeness (QED) is 0.475. The Labute approximate surface area is 61.8 Å². The second-order valence-electron chi connectivity index (χ2n) is 1.50. The zero-order valence-corrected chi connectivity index (χ0v) is 8.06. The van der Waals surface area contributed by atoms with E-state index < -0.39 is 0 Å². The molecule has 0 aliphatic rings. The Morgan fingerprint density at radius 3 is 2.22 bits per heavy atom. The molecule has 0 amide bonds. The van der Waals surface area contributed by atoms with E-state index in [9.17, 15) is 0 Å². The molecule has 1 N–H and O–H groups in total. The van der Waals surface area contributed by atoms with Crippen LogP contribution in [0.5, 0.6) is 0 Å². The van der Waals surface area contributed by atoms with Crippen LogP contribution >= 0.6 is 9.24 Å². The maximum Gasteiger partial charge on any atom is -0.00459 e. The fourth-order valence-electron chi connectivity index (χ4n) is 0.404. The van der Waals surface area contributed by atoms with Gasteiger partial charge in [0.25, 0.3) is 0 Å². The van der Waals surface area contributed by atoms with E-state index in [4.69, 9.17) is 0 Å². The highest BCUT2D eigenvalue weighted by Crippen LogP contribution is 1.83. The Balaban J connectivity index is 0.